The van der Waals surface area contributed by atoms with Gasteiger partial charge in [0.25, 0.3) is 0 Å². The molecular formula is C21H36O3. The highest BCUT2D eigenvalue weighted by Gasteiger charge is 2.60. The zero-order valence-corrected chi connectivity index (χ0v) is 15.5. The smallest absolute Gasteiger partial charge is 0.0804 e. The molecule has 138 valence electrons. The van der Waals surface area contributed by atoms with E-state index in [1.807, 2.05) is 0 Å². The predicted molar refractivity (Wildman–Crippen MR) is 94.3 cm³/mol. The van der Waals surface area contributed by atoms with Gasteiger partial charge in [-0.2, -0.15) is 0 Å². The Hall–Kier alpha value is -0.120. The third-order valence-corrected chi connectivity index (χ3v) is 9.36. The lowest BCUT2D eigenvalue weighted by atomic mass is 9.44. The van der Waals surface area contributed by atoms with Gasteiger partial charge in [0, 0.05) is 0 Å². The minimum Gasteiger partial charge on any atom is -0.394 e. The van der Waals surface area contributed by atoms with E-state index >= 15 is 0 Å². The van der Waals surface area contributed by atoms with Gasteiger partial charge in [-0.25, -0.2) is 0 Å². The molecule has 0 spiro atoms. The number of aliphatic hydroxyl groups excluding tert-OH is 3. The highest BCUT2D eigenvalue weighted by molar-refractivity contribution is 5.10. The maximum Gasteiger partial charge on any atom is 0.0804 e. The average Bonchev–Trinajstić information content (AvgIpc) is 2.92. The summed E-state index contributed by atoms with van der Waals surface area (Å²) < 4.78 is 0. The second-order valence-electron chi connectivity index (χ2n) is 10.1. The monoisotopic (exact) mass is 336 g/mol. The largest absolute Gasteiger partial charge is 0.394 e. The summed E-state index contributed by atoms with van der Waals surface area (Å²) in [6.45, 7) is 4.85. The fraction of sp³-hybridized carbons (Fsp3) is 1.00. The fourth-order valence-electron chi connectivity index (χ4n) is 8.04. The van der Waals surface area contributed by atoms with Gasteiger partial charge < -0.3 is 15.3 Å². The van der Waals surface area contributed by atoms with Crippen LogP contribution >= 0.6 is 0 Å². The van der Waals surface area contributed by atoms with Gasteiger partial charge in [-0.1, -0.05) is 13.8 Å². The summed E-state index contributed by atoms with van der Waals surface area (Å²) in [4.78, 5) is 0. The third kappa shape index (κ3) is 2.34. The van der Waals surface area contributed by atoms with E-state index in [4.69, 9.17) is 0 Å². The van der Waals surface area contributed by atoms with Crippen LogP contribution in [-0.2, 0) is 0 Å². The summed E-state index contributed by atoms with van der Waals surface area (Å²) in [6, 6.07) is 0. The molecule has 0 aromatic carbocycles. The van der Waals surface area contributed by atoms with Crippen molar-refractivity contribution in [3.05, 3.63) is 0 Å². The summed E-state index contributed by atoms with van der Waals surface area (Å²) in [5, 5.41) is 29.9. The molecule has 0 heterocycles. The molecule has 4 rings (SSSR count). The van der Waals surface area contributed by atoms with Gasteiger partial charge >= 0.3 is 0 Å². The van der Waals surface area contributed by atoms with Gasteiger partial charge in [0.05, 0.1) is 18.8 Å². The lowest BCUT2D eigenvalue weighted by molar-refractivity contribution is -0.134. The minimum atomic E-state index is -0.534. The lowest BCUT2D eigenvalue weighted by Gasteiger charge is -2.61. The Morgan fingerprint density at radius 2 is 1.62 bits per heavy atom. The van der Waals surface area contributed by atoms with Gasteiger partial charge in [-0.3, -0.25) is 0 Å². The van der Waals surface area contributed by atoms with E-state index in [1.165, 1.54) is 38.5 Å². The molecule has 3 N–H and O–H groups in total. The Morgan fingerprint density at radius 3 is 2.38 bits per heavy atom. The van der Waals surface area contributed by atoms with Crippen LogP contribution in [0.5, 0.6) is 0 Å². The van der Waals surface area contributed by atoms with Gasteiger partial charge in [0.2, 0.25) is 0 Å². The first-order chi connectivity index (χ1) is 11.4. The van der Waals surface area contributed by atoms with Crippen LogP contribution in [0, 0.1) is 40.4 Å². The van der Waals surface area contributed by atoms with Crippen molar-refractivity contribution in [3.8, 4) is 0 Å². The molecule has 0 bridgehead atoms. The van der Waals surface area contributed by atoms with Crippen molar-refractivity contribution < 1.29 is 15.3 Å². The Kier molecular flexibility index (Phi) is 4.29. The van der Waals surface area contributed by atoms with Gasteiger partial charge in [-0.15, -0.1) is 0 Å². The molecule has 4 aliphatic rings. The maximum atomic E-state index is 10.3. The predicted octanol–water partition coefficient (Wildman–Crippen LogP) is 3.36. The maximum absolute atomic E-state index is 10.3. The van der Waals surface area contributed by atoms with Crippen molar-refractivity contribution in [2.75, 3.05) is 6.61 Å². The van der Waals surface area contributed by atoms with Crippen molar-refractivity contribution in [2.24, 2.45) is 40.4 Å². The highest BCUT2D eigenvalue weighted by atomic mass is 16.3. The van der Waals surface area contributed by atoms with E-state index in [-0.39, 0.29) is 24.0 Å². The normalized spacial score (nSPS) is 55.4. The Morgan fingerprint density at radius 1 is 0.917 bits per heavy atom. The number of hydrogen-bond donors (Lipinski definition) is 3. The van der Waals surface area contributed by atoms with Crippen LogP contribution in [-0.4, -0.2) is 34.1 Å². The number of fused-ring (bicyclic) bond motifs is 5. The summed E-state index contributed by atoms with van der Waals surface area (Å²) >= 11 is 0. The van der Waals surface area contributed by atoms with Crippen LogP contribution in [0.1, 0.15) is 71.6 Å². The van der Waals surface area contributed by atoms with Crippen LogP contribution < -0.4 is 0 Å². The molecule has 0 aromatic heterocycles. The topological polar surface area (TPSA) is 60.7 Å². The van der Waals surface area contributed by atoms with Crippen molar-refractivity contribution >= 4 is 0 Å². The van der Waals surface area contributed by atoms with Gasteiger partial charge in [0.15, 0.2) is 0 Å². The minimum absolute atomic E-state index is 0.0657. The van der Waals surface area contributed by atoms with Crippen molar-refractivity contribution in [1.82, 2.24) is 0 Å². The molecule has 3 heteroatoms. The highest BCUT2D eigenvalue weighted by Crippen LogP contribution is 2.67. The summed E-state index contributed by atoms with van der Waals surface area (Å²) in [5.41, 5.74) is 0.651. The molecule has 0 aliphatic heterocycles. The third-order valence-electron chi connectivity index (χ3n) is 9.36. The van der Waals surface area contributed by atoms with Gasteiger partial charge in [-0.05, 0) is 98.2 Å². The van der Waals surface area contributed by atoms with E-state index < -0.39 is 6.10 Å². The number of rotatable bonds is 2. The molecular weight excluding hydrogens is 300 g/mol. The Balaban J connectivity index is 1.59. The van der Waals surface area contributed by atoms with Crippen molar-refractivity contribution in [3.63, 3.8) is 0 Å². The summed E-state index contributed by atoms with van der Waals surface area (Å²) in [7, 11) is 0. The molecule has 0 amide bonds. The molecule has 4 fully saturated rings. The Labute approximate surface area is 146 Å². The van der Waals surface area contributed by atoms with Gasteiger partial charge in [0.1, 0.15) is 0 Å². The first-order valence-electron chi connectivity index (χ1n) is 10.4. The van der Waals surface area contributed by atoms with Crippen molar-refractivity contribution in [2.45, 2.75) is 83.8 Å². The molecule has 0 aromatic rings. The Bertz CT molecular complexity index is 480. The first-order valence-corrected chi connectivity index (χ1v) is 10.4. The van der Waals surface area contributed by atoms with E-state index in [1.54, 1.807) is 0 Å². The molecule has 4 aliphatic carbocycles. The molecule has 9 atom stereocenters. The van der Waals surface area contributed by atoms with E-state index in [2.05, 4.69) is 13.8 Å². The number of hydrogen-bond acceptors (Lipinski definition) is 3. The van der Waals surface area contributed by atoms with Crippen LogP contribution in [0.15, 0.2) is 0 Å². The van der Waals surface area contributed by atoms with E-state index in [0.29, 0.717) is 11.3 Å². The average molecular weight is 337 g/mol. The van der Waals surface area contributed by atoms with Crippen LogP contribution in [0.2, 0.25) is 0 Å². The second-order valence-corrected chi connectivity index (χ2v) is 10.1. The van der Waals surface area contributed by atoms with Crippen LogP contribution in [0.25, 0.3) is 0 Å². The zero-order valence-electron chi connectivity index (χ0n) is 15.5. The molecule has 0 radical (unpaired) electrons. The quantitative estimate of drug-likeness (QED) is 0.724. The molecule has 0 saturated heterocycles. The van der Waals surface area contributed by atoms with Crippen molar-refractivity contribution in [1.29, 1.82) is 0 Å². The zero-order chi connectivity index (χ0) is 17.1. The van der Waals surface area contributed by atoms with E-state index in [0.717, 1.165) is 37.0 Å². The number of aliphatic hydroxyl groups is 3. The molecule has 4 saturated carbocycles. The molecule has 24 heavy (non-hydrogen) atoms. The summed E-state index contributed by atoms with van der Waals surface area (Å²) in [6.07, 6.45) is 10.0. The lowest BCUT2D eigenvalue weighted by Crippen LogP contribution is -2.54. The fourth-order valence-corrected chi connectivity index (χ4v) is 8.04. The summed E-state index contributed by atoms with van der Waals surface area (Å²) in [5.74, 6) is 3.34. The second kappa shape index (κ2) is 5.96. The van der Waals surface area contributed by atoms with Crippen LogP contribution in [0.3, 0.4) is 0 Å². The first kappa shape index (κ1) is 17.3. The standard InChI is InChI=1S/C21H36O3/c1-20-9-7-14(23)11-13(20)3-4-15-16-5-6-18(19(24)12-22)21(16,2)10-8-17(15)20/h13-19,22-24H,3-12H2,1-2H3. The van der Waals surface area contributed by atoms with E-state index in [9.17, 15) is 15.3 Å². The SMILES string of the molecule is CC12CCC(O)CC1CCC1C2CCC2(C)C(C(O)CO)CCC12. The molecule has 3 nitrogen and oxygen atoms in total. The van der Waals surface area contributed by atoms with Crippen LogP contribution in [0.4, 0.5) is 0 Å². The molecule has 9 unspecified atom stereocenters.